The molecule has 0 aliphatic carbocycles. The van der Waals surface area contributed by atoms with E-state index in [-0.39, 0.29) is 0 Å². The van der Waals surface area contributed by atoms with Gasteiger partial charge < -0.3 is 21.5 Å². The first-order valence-corrected chi connectivity index (χ1v) is 6.71. The lowest BCUT2D eigenvalue weighted by Crippen LogP contribution is -2.44. The summed E-state index contributed by atoms with van der Waals surface area (Å²) in [6, 6.07) is 0. The predicted octanol–water partition coefficient (Wildman–Crippen LogP) is -0.788. The Morgan fingerprint density at radius 3 is 2.62 bits per heavy atom. The fourth-order valence-corrected chi connectivity index (χ4v) is 1.68. The van der Waals surface area contributed by atoms with Crippen LogP contribution in [0.3, 0.4) is 0 Å². The minimum Gasteiger partial charge on any atom is -0.385 e. The summed E-state index contributed by atoms with van der Waals surface area (Å²) in [5.74, 6) is 2.86. The molecule has 0 radical (unpaired) electrons. The Morgan fingerprint density at radius 2 is 2.08 bits per heavy atom. The average molecular weight is 202 g/mol. The smallest absolute Gasteiger partial charge is 0.0987 e. The van der Waals surface area contributed by atoms with Gasteiger partial charge in [-0.3, -0.25) is 0 Å². The lowest BCUT2D eigenvalue weighted by molar-refractivity contribution is 0.297. The molecule has 5 heteroatoms. The van der Waals surface area contributed by atoms with Crippen molar-refractivity contribution in [3.63, 3.8) is 0 Å². The Labute approximate surface area is 80.4 Å². The summed E-state index contributed by atoms with van der Waals surface area (Å²) in [7, 11) is -0.791. The topological polar surface area (TPSA) is 67.3 Å². The second kappa shape index (κ2) is 5.32. The van der Waals surface area contributed by atoms with Gasteiger partial charge in [-0.2, -0.15) is 0 Å². The van der Waals surface area contributed by atoms with Crippen molar-refractivity contribution in [2.45, 2.75) is 0 Å². The number of rotatable bonds is 2. The molecule has 0 saturated carbocycles. The molecule has 1 aliphatic rings. The molecule has 1 heterocycles. The van der Waals surface area contributed by atoms with Gasteiger partial charge in [0.15, 0.2) is 0 Å². The molecule has 1 saturated heterocycles. The van der Waals surface area contributed by atoms with E-state index in [0.717, 1.165) is 32.0 Å². The van der Waals surface area contributed by atoms with Gasteiger partial charge in [-0.1, -0.05) is 13.5 Å². The molecule has 5 N–H and O–H groups in total. The molecule has 1 aliphatic heterocycles. The van der Waals surface area contributed by atoms with E-state index in [1.807, 2.05) is 18.5 Å². The van der Waals surface area contributed by atoms with Gasteiger partial charge >= 0.3 is 0 Å². The first-order valence-electron chi connectivity index (χ1n) is 4.55. The maximum atomic E-state index is 5.89. The first-order chi connectivity index (χ1) is 6.20. The molecule has 0 aromatic rings. The van der Waals surface area contributed by atoms with E-state index in [2.05, 4.69) is 10.2 Å². The van der Waals surface area contributed by atoms with Crippen LogP contribution in [-0.4, -0.2) is 43.5 Å². The monoisotopic (exact) mass is 202 g/mol. The van der Waals surface area contributed by atoms with E-state index in [4.69, 9.17) is 11.2 Å². The Kier molecular flexibility index (Phi) is 4.36. The number of hydrogen-bond acceptors (Lipinski definition) is 4. The van der Waals surface area contributed by atoms with E-state index < -0.39 is 7.70 Å². The molecular formula is C8H19N4P. The standard InChI is InChI=1S/C8H19N4P/c1-13(10)7-2-8(9)12-5-3-11-4-6-12/h2,7,11,13H,3-6,9-10H2,1H3/b8-2+. The van der Waals surface area contributed by atoms with Crippen molar-refractivity contribution in [2.24, 2.45) is 11.2 Å². The van der Waals surface area contributed by atoms with Crippen LogP contribution < -0.4 is 16.6 Å². The maximum Gasteiger partial charge on any atom is 0.0987 e. The summed E-state index contributed by atoms with van der Waals surface area (Å²) < 4.78 is 0. The maximum absolute atomic E-state index is 5.89. The minimum absolute atomic E-state index is 0.791. The summed E-state index contributed by atoms with van der Waals surface area (Å²) in [5.41, 5.74) is 11.6. The Balaban J connectivity index is 2.49. The highest BCUT2D eigenvalue weighted by atomic mass is 31.1. The van der Waals surface area contributed by atoms with E-state index in [9.17, 15) is 0 Å². The molecule has 13 heavy (non-hydrogen) atoms. The number of allylic oxidation sites excluding steroid dienone is 1. The van der Waals surface area contributed by atoms with Crippen molar-refractivity contribution in [3.8, 4) is 0 Å². The zero-order valence-corrected chi connectivity index (χ0v) is 9.09. The van der Waals surface area contributed by atoms with Gasteiger partial charge in [0.05, 0.1) is 5.82 Å². The second-order valence-electron chi connectivity index (χ2n) is 3.24. The summed E-state index contributed by atoms with van der Waals surface area (Å²) in [6.07, 6.45) is 1.94. The number of hydrogen-bond donors (Lipinski definition) is 3. The van der Waals surface area contributed by atoms with Crippen molar-refractivity contribution in [1.82, 2.24) is 10.2 Å². The number of nitrogens with zero attached hydrogens (tertiary/aromatic N) is 1. The molecule has 0 aromatic heterocycles. The van der Waals surface area contributed by atoms with Gasteiger partial charge in [0.25, 0.3) is 0 Å². The number of piperazine rings is 1. The third-order valence-corrected chi connectivity index (χ3v) is 2.69. The zero-order chi connectivity index (χ0) is 9.68. The van der Waals surface area contributed by atoms with Crippen molar-refractivity contribution in [2.75, 3.05) is 32.8 Å². The molecule has 1 rings (SSSR count). The number of nitrogens with one attached hydrogen (secondary N) is 1. The fraction of sp³-hybridized carbons (Fsp3) is 0.625. The van der Waals surface area contributed by atoms with Crippen molar-refractivity contribution >= 4 is 13.5 Å². The van der Waals surface area contributed by atoms with E-state index in [1.54, 1.807) is 0 Å². The molecule has 76 valence electrons. The lowest BCUT2D eigenvalue weighted by Gasteiger charge is -2.29. The summed E-state index contributed by atoms with van der Waals surface area (Å²) >= 11 is 0. The second-order valence-corrected chi connectivity index (χ2v) is 5.06. The lowest BCUT2D eigenvalue weighted by atomic mass is 10.3. The summed E-state index contributed by atoms with van der Waals surface area (Å²) in [5, 5.41) is 3.28. The highest BCUT2D eigenvalue weighted by molar-refractivity contribution is 7.54. The first kappa shape index (κ1) is 10.6. The SMILES string of the molecule is C/[PH](N)=C\C=C(/N)N1CCNCC1. The third kappa shape index (κ3) is 3.85. The van der Waals surface area contributed by atoms with E-state index >= 15 is 0 Å². The van der Waals surface area contributed by atoms with Gasteiger partial charge in [0, 0.05) is 26.2 Å². The number of nitrogens with two attached hydrogens (primary N) is 2. The zero-order valence-electron chi connectivity index (χ0n) is 8.09. The van der Waals surface area contributed by atoms with Crippen LogP contribution in [0.15, 0.2) is 11.9 Å². The van der Waals surface area contributed by atoms with Crippen LogP contribution in [-0.2, 0) is 0 Å². The van der Waals surface area contributed by atoms with Gasteiger partial charge in [-0.25, -0.2) is 0 Å². The van der Waals surface area contributed by atoms with Crippen LogP contribution in [0, 0.1) is 0 Å². The van der Waals surface area contributed by atoms with Crippen LogP contribution in [0.25, 0.3) is 0 Å². The third-order valence-electron chi connectivity index (χ3n) is 2.00. The molecule has 1 unspecified atom stereocenters. The van der Waals surface area contributed by atoms with E-state index in [0.29, 0.717) is 0 Å². The van der Waals surface area contributed by atoms with Crippen LogP contribution in [0.1, 0.15) is 0 Å². The fourth-order valence-electron chi connectivity index (χ4n) is 1.25. The summed E-state index contributed by atoms with van der Waals surface area (Å²) in [4.78, 5) is 2.18. The van der Waals surface area contributed by atoms with Gasteiger partial charge in [0.2, 0.25) is 0 Å². The Morgan fingerprint density at radius 1 is 1.46 bits per heavy atom. The van der Waals surface area contributed by atoms with Crippen LogP contribution >= 0.6 is 7.70 Å². The quantitative estimate of drug-likeness (QED) is 0.513. The molecular weight excluding hydrogens is 183 g/mol. The van der Waals surface area contributed by atoms with E-state index in [1.165, 1.54) is 0 Å². The largest absolute Gasteiger partial charge is 0.385 e. The molecule has 0 bridgehead atoms. The van der Waals surface area contributed by atoms with Gasteiger partial charge in [-0.15, -0.1) is 0 Å². The van der Waals surface area contributed by atoms with Crippen molar-refractivity contribution < 1.29 is 0 Å². The van der Waals surface area contributed by atoms with Crippen LogP contribution in [0.2, 0.25) is 0 Å². The average Bonchev–Trinajstić information content (AvgIpc) is 2.15. The molecule has 4 nitrogen and oxygen atoms in total. The Hall–Kier alpha value is -0.440. The molecule has 0 aromatic carbocycles. The summed E-state index contributed by atoms with van der Waals surface area (Å²) in [6.45, 7) is 6.05. The molecule has 0 amide bonds. The van der Waals surface area contributed by atoms with Crippen molar-refractivity contribution in [3.05, 3.63) is 11.9 Å². The van der Waals surface area contributed by atoms with Crippen LogP contribution in [0.5, 0.6) is 0 Å². The van der Waals surface area contributed by atoms with Gasteiger partial charge in [0.1, 0.15) is 0 Å². The molecule has 1 fully saturated rings. The highest BCUT2D eigenvalue weighted by Gasteiger charge is 2.08. The van der Waals surface area contributed by atoms with Gasteiger partial charge in [-0.05, 0) is 12.7 Å². The minimum atomic E-state index is -0.791. The van der Waals surface area contributed by atoms with Crippen molar-refractivity contribution in [1.29, 1.82) is 0 Å². The van der Waals surface area contributed by atoms with Crippen LogP contribution in [0.4, 0.5) is 0 Å². The Bertz CT molecular complexity index is 214. The molecule has 0 spiro atoms. The molecule has 1 atom stereocenters. The normalized spacial score (nSPS) is 22.0. The highest BCUT2D eigenvalue weighted by Crippen LogP contribution is 2.03. The predicted molar refractivity (Wildman–Crippen MR) is 61.2 cm³/mol.